The summed E-state index contributed by atoms with van der Waals surface area (Å²) in [6.07, 6.45) is 8.73. The minimum atomic E-state index is -0.750. The van der Waals surface area contributed by atoms with Crippen molar-refractivity contribution in [2.75, 3.05) is 60.4 Å². The van der Waals surface area contributed by atoms with E-state index >= 15 is 0 Å². The average Bonchev–Trinajstić information content (AvgIpc) is 3.87. The van der Waals surface area contributed by atoms with Crippen LogP contribution in [0, 0.1) is 19.3 Å². The van der Waals surface area contributed by atoms with E-state index in [-0.39, 0.29) is 37.4 Å². The van der Waals surface area contributed by atoms with Crippen LogP contribution in [0.5, 0.6) is 5.75 Å². The molecule has 9 nitrogen and oxygen atoms in total. The van der Waals surface area contributed by atoms with Gasteiger partial charge in [0.2, 0.25) is 5.91 Å². The molecular formula is C45H62ClN5O4S. The predicted molar refractivity (Wildman–Crippen MR) is 227 cm³/mol. The molecule has 1 aromatic heterocycles. The number of carbonyl (C=O) groups excluding carboxylic acids is 3. The third-order valence-electron chi connectivity index (χ3n) is 12.8. The second-order valence-corrected chi connectivity index (χ2v) is 18.3. The lowest BCUT2D eigenvalue weighted by Crippen LogP contribution is -2.63. The number of piperazine rings is 1. The standard InChI is InChI=1S/C45H62ClN5O4S/c1-33-16-19-41(42(46)34(33)2)55-44(54)50-27-28-51(39(31-50)40(52)18-17-37-14-11-29-56-37)43(53)38(15-9-10-25-47(3)4)48(5)36-20-22-45(23-21-36)24-26-49(32-45)30-35-12-7-6-8-13-35/h6-8,11-14,16,19,29,36,38-39H,9-10,15,17-18,20-28,30-32H2,1-5H3/t36?,38-,39+,45?/m1/s1. The van der Waals surface area contributed by atoms with Crippen molar-refractivity contribution in [3.05, 3.63) is 86.6 Å². The quantitative estimate of drug-likeness (QED) is 0.144. The van der Waals surface area contributed by atoms with Gasteiger partial charge in [0.25, 0.3) is 0 Å². The van der Waals surface area contributed by atoms with E-state index in [1.807, 2.05) is 37.4 Å². The van der Waals surface area contributed by atoms with Gasteiger partial charge in [-0.25, -0.2) is 4.79 Å². The molecule has 3 heterocycles. The minimum absolute atomic E-state index is 0.00670. The molecule has 2 aliphatic heterocycles. The number of carbonyl (C=O) groups is 3. The lowest BCUT2D eigenvalue weighted by Gasteiger charge is -2.46. The van der Waals surface area contributed by atoms with Crippen molar-refractivity contribution in [2.24, 2.45) is 5.41 Å². The van der Waals surface area contributed by atoms with Crippen molar-refractivity contribution in [3.63, 3.8) is 0 Å². The molecule has 0 N–H and O–H groups in total. The van der Waals surface area contributed by atoms with Crippen molar-refractivity contribution in [2.45, 2.75) is 103 Å². The number of unbranched alkanes of at least 4 members (excludes halogenated alkanes) is 1. The van der Waals surface area contributed by atoms with Gasteiger partial charge >= 0.3 is 6.09 Å². The van der Waals surface area contributed by atoms with Gasteiger partial charge in [-0.2, -0.15) is 0 Å². The number of hydrogen-bond donors (Lipinski definition) is 0. The lowest BCUT2D eigenvalue weighted by atomic mass is 9.71. The number of likely N-dealkylation sites (tertiary alicyclic amines) is 1. The number of Topliss-reactive ketones (excluding diaryl/α,β-unsaturated/α-hetero) is 1. The van der Waals surface area contributed by atoms with Crippen LogP contribution >= 0.6 is 22.9 Å². The Morgan fingerprint density at radius 3 is 2.43 bits per heavy atom. The number of ketones is 1. The number of likely N-dealkylation sites (N-methyl/N-ethyl adjacent to an activating group) is 1. The van der Waals surface area contributed by atoms with Crippen LogP contribution in [0.1, 0.15) is 79.4 Å². The smallest absolute Gasteiger partial charge is 0.409 e. The fourth-order valence-electron chi connectivity index (χ4n) is 9.10. The zero-order valence-electron chi connectivity index (χ0n) is 34.2. The van der Waals surface area contributed by atoms with Crippen LogP contribution in [0.2, 0.25) is 5.02 Å². The molecule has 0 unspecified atom stereocenters. The van der Waals surface area contributed by atoms with Gasteiger partial charge in [0.1, 0.15) is 6.04 Å². The Balaban J connectivity index is 1.16. The van der Waals surface area contributed by atoms with E-state index in [0.29, 0.717) is 35.1 Å². The molecule has 2 amide bonds. The zero-order chi connectivity index (χ0) is 39.8. The van der Waals surface area contributed by atoms with Gasteiger partial charge in [0.15, 0.2) is 11.5 Å². The first kappa shape index (κ1) is 42.3. The maximum absolute atomic E-state index is 15.0. The molecule has 0 bridgehead atoms. The van der Waals surface area contributed by atoms with E-state index in [4.69, 9.17) is 16.3 Å². The molecule has 1 saturated carbocycles. The number of amides is 2. The van der Waals surface area contributed by atoms with Gasteiger partial charge in [-0.3, -0.25) is 19.4 Å². The number of rotatable bonds is 15. The summed E-state index contributed by atoms with van der Waals surface area (Å²) in [6.45, 7) is 8.77. The third-order valence-corrected chi connectivity index (χ3v) is 14.2. The largest absolute Gasteiger partial charge is 0.415 e. The summed E-state index contributed by atoms with van der Waals surface area (Å²) >= 11 is 8.20. The Morgan fingerprint density at radius 1 is 0.946 bits per heavy atom. The number of thiophene rings is 1. The maximum atomic E-state index is 15.0. The minimum Gasteiger partial charge on any atom is -0.409 e. The van der Waals surface area contributed by atoms with Crippen LogP contribution in [0.4, 0.5) is 4.79 Å². The summed E-state index contributed by atoms with van der Waals surface area (Å²) in [4.78, 5) is 54.4. The third kappa shape index (κ3) is 10.6. The predicted octanol–water partition coefficient (Wildman–Crippen LogP) is 8.10. The lowest BCUT2D eigenvalue weighted by molar-refractivity contribution is -0.148. The van der Waals surface area contributed by atoms with Crippen LogP contribution < -0.4 is 4.74 Å². The highest BCUT2D eigenvalue weighted by Crippen LogP contribution is 2.45. The number of aryl methyl sites for hydroxylation is 2. The maximum Gasteiger partial charge on any atom is 0.415 e. The first-order chi connectivity index (χ1) is 26.9. The Bertz CT molecular complexity index is 1760. The van der Waals surface area contributed by atoms with E-state index in [1.165, 1.54) is 24.8 Å². The summed E-state index contributed by atoms with van der Waals surface area (Å²) in [5.41, 5.74) is 3.59. The molecule has 3 fully saturated rings. The SMILES string of the molecule is Cc1ccc(OC(=O)N2CCN(C(=O)[C@@H](CCCCN(C)C)N(C)C3CCC4(CC3)CCN(Cc3ccccc3)C4)[C@H](C(=O)CCc3cccs3)C2)c(Cl)c1C. The molecular weight excluding hydrogens is 742 g/mol. The molecule has 6 rings (SSSR count). The van der Waals surface area contributed by atoms with Crippen LogP contribution in [0.15, 0.2) is 60.0 Å². The molecule has 1 spiro atoms. The monoisotopic (exact) mass is 803 g/mol. The van der Waals surface area contributed by atoms with Gasteiger partial charge in [-0.05, 0) is 139 Å². The Hall–Kier alpha value is -3.28. The van der Waals surface area contributed by atoms with Crippen molar-refractivity contribution < 1.29 is 19.1 Å². The molecule has 11 heteroatoms. The van der Waals surface area contributed by atoms with E-state index in [1.54, 1.807) is 27.2 Å². The molecule has 2 atom stereocenters. The van der Waals surface area contributed by atoms with Gasteiger partial charge in [-0.15, -0.1) is 11.3 Å². The molecule has 2 aromatic carbocycles. The van der Waals surface area contributed by atoms with Gasteiger partial charge < -0.3 is 19.4 Å². The number of ether oxygens (including phenoxy) is 1. The van der Waals surface area contributed by atoms with Crippen molar-refractivity contribution in [1.82, 2.24) is 24.5 Å². The Labute approximate surface area is 343 Å². The average molecular weight is 805 g/mol. The van der Waals surface area contributed by atoms with Gasteiger partial charge in [0.05, 0.1) is 17.6 Å². The molecule has 1 aliphatic carbocycles. The number of benzene rings is 2. The highest BCUT2D eigenvalue weighted by Gasteiger charge is 2.45. The zero-order valence-corrected chi connectivity index (χ0v) is 35.8. The van der Waals surface area contributed by atoms with Gasteiger partial charge in [-0.1, -0.05) is 60.5 Å². The van der Waals surface area contributed by atoms with Crippen molar-refractivity contribution >= 4 is 40.7 Å². The second kappa shape index (κ2) is 19.4. The molecule has 0 radical (unpaired) electrons. The molecule has 56 heavy (non-hydrogen) atoms. The summed E-state index contributed by atoms with van der Waals surface area (Å²) in [5.74, 6) is 0.282. The van der Waals surface area contributed by atoms with Crippen LogP contribution in [-0.2, 0) is 22.6 Å². The Kier molecular flexibility index (Phi) is 14.7. The van der Waals surface area contributed by atoms with Gasteiger partial charge in [0, 0.05) is 43.5 Å². The molecule has 2 saturated heterocycles. The highest BCUT2D eigenvalue weighted by atomic mass is 35.5. The summed E-state index contributed by atoms with van der Waals surface area (Å²) in [7, 11) is 6.31. The highest BCUT2D eigenvalue weighted by molar-refractivity contribution is 7.09. The van der Waals surface area contributed by atoms with E-state index in [2.05, 4.69) is 66.2 Å². The number of hydrogen-bond acceptors (Lipinski definition) is 8. The van der Waals surface area contributed by atoms with Crippen LogP contribution in [0.3, 0.4) is 0 Å². The number of nitrogens with zero attached hydrogens (tertiary/aromatic N) is 5. The molecule has 3 aromatic rings. The summed E-state index contributed by atoms with van der Waals surface area (Å²) < 4.78 is 5.82. The fraction of sp³-hybridized carbons (Fsp3) is 0.578. The second-order valence-electron chi connectivity index (χ2n) is 16.9. The Morgan fingerprint density at radius 2 is 1.71 bits per heavy atom. The molecule has 3 aliphatic rings. The molecule has 304 valence electrons. The van der Waals surface area contributed by atoms with E-state index in [9.17, 15) is 14.4 Å². The topological polar surface area (TPSA) is 76.6 Å². The van der Waals surface area contributed by atoms with Crippen LogP contribution in [0.25, 0.3) is 0 Å². The first-order valence-corrected chi connectivity index (χ1v) is 21.9. The first-order valence-electron chi connectivity index (χ1n) is 20.6. The summed E-state index contributed by atoms with van der Waals surface area (Å²) in [6, 6.07) is 17.6. The normalized spacial score (nSPS) is 22.3. The summed E-state index contributed by atoms with van der Waals surface area (Å²) in [5, 5.41) is 2.42. The van der Waals surface area contributed by atoms with Crippen molar-refractivity contribution in [3.8, 4) is 5.75 Å². The fourth-order valence-corrected chi connectivity index (χ4v) is 10.1. The van der Waals surface area contributed by atoms with E-state index in [0.717, 1.165) is 74.3 Å². The van der Waals surface area contributed by atoms with Crippen LogP contribution in [-0.4, -0.2) is 121 Å². The van der Waals surface area contributed by atoms with E-state index < -0.39 is 12.1 Å². The number of halogens is 1. The van der Waals surface area contributed by atoms with Crippen molar-refractivity contribution in [1.29, 1.82) is 0 Å².